The molecule has 15 heavy (non-hydrogen) atoms. The molecule has 2 heterocycles. The highest BCUT2D eigenvalue weighted by molar-refractivity contribution is 6.31. The smallest absolute Gasteiger partial charge is 0.0995 e. The molecule has 4 heteroatoms. The second-order valence-electron chi connectivity index (χ2n) is 3.43. The number of fused-ring (bicyclic) bond motifs is 3. The van der Waals surface area contributed by atoms with Crippen LogP contribution in [0.15, 0.2) is 35.7 Å². The molecule has 1 aromatic carbocycles. The van der Waals surface area contributed by atoms with Crippen LogP contribution in [0.1, 0.15) is 11.3 Å². The van der Waals surface area contributed by atoms with Crippen LogP contribution in [0.5, 0.6) is 0 Å². The van der Waals surface area contributed by atoms with E-state index in [-0.39, 0.29) is 0 Å². The van der Waals surface area contributed by atoms with Gasteiger partial charge < -0.3 is 4.57 Å². The van der Waals surface area contributed by atoms with E-state index in [2.05, 4.69) is 9.98 Å². The van der Waals surface area contributed by atoms with Crippen molar-refractivity contribution >= 4 is 17.8 Å². The molecule has 0 bridgehead atoms. The molecular weight excluding hydrogens is 210 g/mol. The topological polar surface area (TPSA) is 30.2 Å². The van der Waals surface area contributed by atoms with Gasteiger partial charge in [-0.3, -0.25) is 4.99 Å². The maximum atomic E-state index is 5.94. The summed E-state index contributed by atoms with van der Waals surface area (Å²) in [5, 5.41) is 0.726. The monoisotopic (exact) mass is 217 g/mol. The molecule has 3 rings (SSSR count). The van der Waals surface area contributed by atoms with E-state index in [0.29, 0.717) is 6.54 Å². The minimum Gasteiger partial charge on any atom is -0.301 e. The number of benzene rings is 1. The number of aromatic nitrogens is 2. The van der Waals surface area contributed by atoms with Crippen LogP contribution in [0.3, 0.4) is 0 Å². The lowest BCUT2D eigenvalue weighted by Crippen LogP contribution is -1.98. The number of hydrogen-bond donors (Lipinski definition) is 0. The van der Waals surface area contributed by atoms with Gasteiger partial charge in [0.1, 0.15) is 0 Å². The van der Waals surface area contributed by atoms with Crippen LogP contribution in [0, 0.1) is 0 Å². The number of halogens is 1. The average molecular weight is 218 g/mol. The van der Waals surface area contributed by atoms with Crippen LogP contribution >= 0.6 is 11.6 Å². The van der Waals surface area contributed by atoms with Crippen molar-refractivity contribution in [1.29, 1.82) is 0 Å². The lowest BCUT2D eigenvalue weighted by molar-refractivity contribution is 0.925. The van der Waals surface area contributed by atoms with Gasteiger partial charge in [-0.25, -0.2) is 4.98 Å². The van der Waals surface area contributed by atoms with Gasteiger partial charge in [0.15, 0.2) is 0 Å². The van der Waals surface area contributed by atoms with Crippen LogP contribution in [0.25, 0.3) is 5.69 Å². The van der Waals surface area contributed by atoms with Gasteiger partial charge in [0.25, 0.3) is 0 Å². The van der Waals surface area contributed by atoms with Gasteiger partial charge in [-0.1, -0.05) is 11.6 Å². The fourth-order valence-electron chi connectivity index (χ4n) is 1.74. The summed E-state index contributed by atoms with van der Waals surface area (Å²) < 4.78 is 2.04. The molecule has 0 saturated heterocycles. The molecule has 0 fully saturated rings. The molecule has 0 aliphatic carbocycles. The summed E-state index contributed by atoms with van der Waals surface area (Å²) in [5.74, 6) is 0. The van der Waals surface area contributed by atoms with Crippen LogP contribution < -0.4 is 0 Å². The van der Waals surface area contributed by atoms with Crippen molar-refractivity contribution in [2.24, 2.45) is 4.99 Å². The van der Waals surface area contributed by atoms with Gasteiger partial charge in [0.2, 0.25) is 0 Å². The van der Waals surface area contributed by atoms with E-state index in [1.807, 2.05) is 35.2 Å². The van der Waals surface area contributed by atoms with E-state index in [9.17, 15) is 0 Å². The maximum Gasteiger partial charge on any atom is 0.0995 e. The SMILES string of the molecule is Clc1ccc2c(c1)C=NCc1cncn1-2. The maximum absolute atomic E-state index is 5.94. The van der Waals surface area contributed by atoms with Gasteiger partial charge in [-0.2, -0.15) is 0 Å². The van der Waals surface area contributed by atoms with E-state index in [1.165, 1.54) is 0 Å². The summed E-state index contributed by atoms with van der Waals surface area (Å²) in [4.78, 5) is 8.45. The zero-order valence-corrected chi connectivity index (χ0v) is 8.65. The lowest BCUT2D eigenvalue weighted by Gasteiger charge is -2.07. The Balaban J connectivity index is 2.31. The van der Waals surface area contributed by atoms with Crippen molar-refractivity contribution in [3.05, 3.63) is 47.0 Å². The van der Waals surface area contributed by atoms with Crippen molar-refractivity contribution in [3.63, 3.8) is 0 Å². The van der Waals surface area contributed by atoms with Crippen molar-refractivity contribution in [1.82, 2.24) is 9.55 Å². The quantitative estimate of drug-likeness (QED) is 0.667. The molecule has 0 unspecified atom stereocenters. The van der Waals surface area contributed by atoms with Crippen LogP contribution in [0.2, 0.25) is 5.02 Å². The molecular formula is C11H8ClN3. The summed E-state index contributed by atoms with van der Waals surface area (Å²) in [5.41, 5.74) is 3.19. The van der Waals surface area contributed by atoms with E-state index in [1.54, 1.807) is 6.33 Å². The highest BCUT2D eigenvalue weighted by atomic mass is 35.5. The number of imidazole rings is 1. The number of hydrogen-bond acceptors (Lipinski definition) is 2. The summed E-state index contributed by atoms with van der Waals surface area (Å²) in [6.07, 6.45) is 5.49. The third kappa shape index (κ3) is 1.36. The third-order valence-electron chi connectivity index (χ3n) is 2.45. The van der Waals surface area contributed by atoms with Crippen molar-refractivity contribution in [2.45, 2.75) is 6.54 Å². The van der Waals surface area contributed by atoms with Crippen molar-refractivity contribution < 1.29 is 0 Å². The Hall–Kier alpha value is -1.61. The zero-order chi connectivity index (χ0) is 10.3. The Morgan fingerprint density at radius 2 is 2.27 bits per heavy atom. The Labute approximate surface area is 92.0 Å². The molecule has 2 aromatic rings. The first-order chi connectivity index (χ1) is 7.34. The minimum atomic E-state index is 0.659. The number of rotatable bonds is 0. The molecule has 1 aliphatic heterocycles. The Bertz CT molecular complexity index is 543. The van der Waals surface area contributed by atoms with Gasteiger partial charge in [0.05, 0.1) is 30.5 Å². The number of nitrogens with zero attached hydrogens (tertiary/aromatic N) is 3. The Kier molecular flexibility index (Phi) is 1.86. The normalized spacial score (nSPS) is 13.1. The fourth-order valence-corrected chi connectivity index (χ4v) is 1.92. The molecule has 0 spiro atoms. The van der Waals surface area contributed by atoms with Crippen LogP contribution in [-0.4, -0.2) is 15.8 Å². The molecule has 0 atom stereocenters. The predicted molar refractivity (Wildman–Crippen MR) is 59.9 cm³/mol. The lowest BCUT2D eigenvalue weighted by atomic mass is 10.2. The first kappa shape index (κ1) is 8.68. The minimum absolute atomic E-state index is 0.659. The van der Waals surface area contributed by atoms with Crippen molar-refractivity contribution in [2.75, 3.05) is 0 Å². The van der Waals surface area contributed by atoms with E-state index < -0.39 is 0 Å². The second kappa shape index (κ2) is 3.21. The summed E-state index contributed by atoms with van der Waals surface area (Å²) in [7, 11) is 0. The first-order valence-electron chi connectivity index (χ1n) is 4.65. The number of aliphatic imine (C=N–C) groups is 1. The summed E-state index contributed by atoms with van der Waals surface area (Å²) >= 11 is 5.94. The summed E-state index contributed by atoms with van der Waals surface area (Å²) in [6.45, 7) is 0.659. The zero-order valence-electron chi connectivity index (χ0n) is 7.89. The van der Waals surface area contributed by atoms with Crippen LogP contribution in [-0.2, 0) is 6.54 Å². The standard InChI is InChI=1S/C11H8ClN3/c12-9-1-2-11-8(3-9)4-13-5-10-6-14-7-15(10)11/h1-4,6-7H,5H2. The molecule has 0 radical (unpaired) electrons. The second-order valence-corrected chi connectivity index (χ2v) is 3.86. The third-order valence-corrected chi connectivity index (χ3v) is 2.68. The average Bonchev–Trinajstić information content (AvgIpc) is 2.61. The molecule has 1 aliphatic rings. The summed E-state index contributed by atoms with van der Waals surface area (Å²) in [6, 6.07) is 5.78. The fraction of sp³-hybridized carbons (Fsp3) is 0.0909. The highest BCUT2D eigenvalue weighted by Crippen LogP contribution is 2.22. The Morgan fingerprint density at radius 3 is 3.20 bits per heavy atom. The first-order valence-corrected chi connectivity index (χ1v) is 5.03. The van der Waals surface area contributed by atoms with Crippen molar-refractivity contribution in [3.8, 4) is 5.69 Å². The molecule has 3 nitrogen and oxygen atoms in total. The molecule has 0 amide bonds. The van der Waals surface area contributed by atoms with Gasteiger partial charge in [-0.15, -0.1) is 0 Å². The van der Waals surface area contributed by atoms with E-state index >= 15 is 0 Å². The highest BCUT2D eigenvalue weighted by Gasteiger charge is 2.10. The largest absolute Gasteiger partial charge is 0.301 e. The van der Waals surface area contributed by atoms with Gasteiger partial charge >= 0.3 is 0 Å². The van der Waals surface area contributed by atoms with E-state index in [4.69, 9.17) is 11.6 Å². The Morgan fingerprint density at radius 1 is 1.33 bits per heavy atom. The van der Waals surface area contributed by atoms with Gasteiger partial charge in [0, 0.05) is 16.8 Å². The molecule has 0 N–H and O–H groups in total. The molecule has 0 saturated carbocycles. The molecule has 74 valence electrons. The predicted octanol–water partition coefficient (Wildman–Crippen LogP) is 2.46. The van der Waals surface area contributed by atoms with Crippen LogP contribution in [0.4, 0.5) is 0 Å². The van der Waals surface area contributed by atoms with Gasteiger partial charge in [-0.05, 0) is 18.2 Å². The molecule has 1 aromatic heterocycles. The van der Waals surface area contributed by atoms with E-state index in [0.717, 1.165) is 22.0 Å².